The Balaban J connectivity index is 2.35. The van der Waals surface area contributed by atoms with Gasteiger partial charge in [-0.1, -0.05) is 34.8 Å². The van der Waals surface area contributed by atoms with Crippen LogP contribution in [0.1, 0.15) is 10.4 Å². The molecule has 0 heterocycles. The summed E-state index contributed by atoms with van der Waals surface area (Å²) in [5.74, 6) is -0.0633. The lowest BCUT2D eigenvalue weighted by atomic mass is 10.1. The molecule has 21 heavy (non-hydrogen) atoms. The highest BCUT2D eigenvalue weighted by atomic mass is 35.5. The van der Waals surface area contributed by atoms with Crippen molar-refractivity contribution < 1.29 is 9.53 Å². The molecule has 0 unspecified atom stereocenters. The molecule has 2 rings (SSSR count). The molecular weight excluding hydrogens is 335 g/mol. The zero-order valence-electron chi connectivity index (χ0n) is 10.9. The van der Waals surface area contributed by atoms with E-state index < -0.39 is 5.91 Å². The van der Waals surface area contributed by atoms with Crippen molar-refractivity contribution in [1.29, 1.82) is 0 Å². The van der Waals surface area contributed by atoms with Gasteiger partial charge in [-0.3, -0.25) is 4.79 Å². The molecule has 0 aromatic heterocycles. The Hall–Kier alpha value is -1.62. The first kappa shape index (κ1) is 15.8. The summed E-state index contributed by atoms with van der Waals surface area (Å²) in [5, 5.41) is 3.51. The number of nitrogens with two attached hydrogens (primary N) is 1. The fraction of sp³-hybridized carbons (Fsp3) is 0.0714. The average molecular weight is 346 g/mol. The maximum Gasteiger partial charge on any atom is 0.259 e. The largest absolute Gasteiger partial charge is 0.496 e. The molecule has 3 N–H and O–H groups in total. The first-order valence-corrected chi connectivity index (χ1v) is 6.95. The van der Waals surface area contributed by atoms with E-state index in [2.05, 4.69) is 5.32 Å². The third kappa shape index (κ3) is 3.53. The van der Waals surface area contributed by atoms with Gasteiger partial charge in [-0.25, -0.2) is 0 Å². The maximum atomic E-state index is 12.3. The van der Waals surface area contributed by atoms with Crippen molar-refractivity contribution in [3.8, 4) is 5.75 Å². The Bertz CT molecular complexity index is 682. The highest BCUT2D eigenvalue weighted by molar-refractivity contribution is 6.42. The Morgan fingerprint density at radius 1 is 1.14 bits per heavy atom. The van der Waals surface area contributed by atoms with E-state index in [1.807, 2.05) is 0 Å². The molecule has 4 nitrogen and oxygen atoms in total. The van der Waals surface area contributed by atoms with E-state index >= 15 is 0 Å². The standard InChI is InChI=1S/C14H11Cl3N2O2/c1-21-12-6-8(18)2-3-9(12)14(20)19-13-10(16)4-7(15)5-11(13)17/h2-6H,18H2,1H3,(H,19,20). The Morgan fingerprint density at radius 3 is 2.33 bits per heavy atom. The highest BCUT2D eigenvalue weighted by Crippen LogP contribution is 2.34. The first-order chi connectivity index (χ1) is 9.92. The number of methoxy groups -OCH3 is 1. The van der Waals surface area contributed by atoms with Crippen LogP contribution in [-0.4, -0.2) is 13.0 Å². The second-order valence-corrected chi connectivity index (χ2v) is 5.41. The Kier molecular flexibility index (Phi) is 4.83. The fourth-order valence-electron chi connectivity index (χ4n) is 1.74. The molecule has 0 spiro atoms. The van der Waals surface area contributed by atoms with Crippen molar-refractivity contribution >= 4 is 52.1 Å². The van der Waals surface area contributed by atoms with Crippen LogP contribution in [0.2, 0.25) is 15.1 Å². The molecule has 0 saturated heterocycles. The quantitative estimate of drug-likeness (QED) is 0.806. The van der Waals surface area contributed by atoms with E-state index in [1.54, 1.807) is 18.2 Å². The number of carbonyl (C=O) groups excluding carboxylic acids is 1. The van der Waals surface area contributed by atoms with E-state index in [0.29, 0.717) is 22.0 Å². The lowest BCUT2D eigenvalue weighted by Gasteiger charge is -2.12. The van der Waals surface area contributed by atoms with Crippen LogP contribution in [0.5, 0.6) is 5.75 Å². The summed E-state index contributed by atoms with van der Waals surface area (Å²) in [6, 6.07) is 7.69. The van der Waals surface area contributed by atoms with Crippen LogP contribution in [0.15, 0.2) is 30.3 Å². The third-order valence-electron chi connectivity index (χ3n) is 2.72. The summed E-state index contributed by atoms with van der Waals surface area (Å²) in [6.07, 6.45) is 0. The molecule has 110 valence electrons. The van der Waals surface area contributed by atoms with E-state index in [1.165, 1.54) is 19.2 Å². The van der Waals surface area contributed by atoms with Gasteiger partial charge in [0.05, 0.1) is 28.4 Å². The fourth-order valence-corrected chi connectivity index (χ4v) is 2.65. The van der Waals surface area contributed by atoms with Crippen LogP contribution < -0.4 is 15.8 Å². The molecule has 0 bridgehead atoms. The van der Waals surface area contributed by atoms with E-state index in [4.69, 9.17) is 45.3 Å². The van der Waals surface area contributed by atoms with Gasteiger partial charge in [0.2, 0.25) is 0 Å². The number of ether oxygens (including phenoxy) is 1. The molecule has 1 amide bonds. The Labute approximate surface area is 136 Å². The maximum absolute atomic E-state index is 12.3. The minimum Gasteiger partial charge on any atom is -0.496 e. The van der Waals surface area contributed by atoms with Crippen LogP contribution in [0, 0.1) is 0 Å². The van der Waals surface area contributed by atoms with E-state index in [9.17, 15) is 4.79 Å². The summed E-state index contributed by atoms with van der Waals surface area (Å²) >= 11 is 17.9. The number of benzene rings is 2. The predicted octanol–water partition coefficient (Wildman–Crippen LogP) is 4.49. The summed E-state index contributed by atoms with van der Waals surface area (Å²) in [5.41, 5.74) is 6.74. The summed E-state index contributed by atoms with van der Waals surface area (Å²) < 4.78 is 5.14. The molecule has 7 heteroatoms. The van der Waals surface area contributed by atoms with Crippen molar-refractivity contribution in [2.45, 2.75) is 0 Å². The number of hydrogen-bond donors (Lipinski definition) is 2. The van der Waals surface area contributed by atoms with Crippen molar-refractivity contribution in [2.24, 2.45) is 0 Å². The first-order valence-electron chi connectivity index (χ1n) is 5.81. The van der Waals surface area contributed by atoms with Gasteiger partial charge in [-0.15, -0.1) is 0 Å². The van der Waals surface area contributed by atoms with Crippen molar-refractivity contribution in [1.82, 2.24) is 0 Å². The lowest BCUT2D eigenvalue weighted by Crippen LogP contribution is -2.14. The van der Waals surface area contributed by atoms with Gasteiger partial charge in [0.25, 0.3) is 5.91 Å². The number of nitrogen functional groups attached to an aromatic ring is 1. The number of nitrogens with one attached hydrogen (secondary N) is 1. The molecule has 0 atom stereocenters. The molecule has 2 aromatic carbocycles. The van der Waals surface area contributed by atoms with Gasteiger partial charge in [0.1, 0.15) is 5.75 Å². The van der Waals surface area contributed by atoms with Crippen molar-refractivity contribution in [3.05, 3.63) is 51.0 Å². The summed E-state index contributed by atoms with van der Waals surface area (Å²) in [7, 11) is 1.45. The van der Waals surface area contributed by atoms with Gasteiger partial charge in [-0.2, -0.15) is 0 Å². The predicted molar refractivity (Wildman–Crippen MR) is 86.8 cm³/mol. The molecule has 0 aliphatic heterocycles. The normalized spacial score (nSPS) is 10.3. The average Bonchev–Trinajstić information content (AvgIpc) is 2.42. The zero-order chi connectivity index (χ0) is 15.6. The number of rotatable bonds is 3. The third-order valence-corrected chi connectivity index (χ3v) is 3.53. The van der Waals surface area contributed by atoms with E-state index in [-0.39, 0.29) is 15.7 Å². The number of carbonyl (C=O) groups is 1. The molecule has 0 aliphatic rings. The molecule has 2 aromatic rings. The monoisotopic (exact) mass is 344 g/mol. The molecule has 0 radical (unpaired) electrons. The molecule has 0 aliphatic carbocycles. The van der Waals surface area contributed by atoms with E-state index in [0.717, 1.165) is 0 Å². The second kappa shape index (κ2) is 6.43. The van der Waals surface area contributed by atoms with Crippen LogP contribution in [0.3, 0.4) is 0 Å². The minimum absolute atomic E-state index is 0.246. The van der Waals surface area contributed by atoms with Crippen molar-refractivity contribution in [2.75, 3.05) is 18.2 Å². The van der Waals surface area contributed by atoms with Crippen LogP contribution in [0.4, 0.5) is 11.4 Å². The second-order valence-electron chi connectivity index (χ2n) is 4.16. The zero-order valence-corrected chi connectivity index (χ0v) is 13.2. The van der Waals surface area contributed by atoms with Crippen LogP contribution >= 0.6 is 34.8 Å². The molecular formula is C14H11Cl3N2O2. The SMILES string of the molecule is COc1cc(N)ccc1C(=O)Nc1c(Cl)cc(Cl)cc1Cl. The smallest absolute Gasteiger partial charge is 0.259 e. The van der Waals surface area contributed by atoms with Crippen molar-refractivity contribution in [3.63, 3.8) is 0 Å². The van der Waals surface area contributed by atoms with Crippen LogP contribution in [0.25, 0.3) is 0 Å². The highest BCUT2D eigenvalue weighted by Gasteiger charge is 2.16. The number of hydrogen-bond acceptors (Lipinski definition) is 3. The summed E-state index contributed by atoms with van der Waals surface area (Å²) in [4.78, 5) is 12.3. The topological polar surface area (TPSA) is 64.3 Å². The van der Waals surface area contributed by atoms with Gasteiger partial charge in [-0.05, 0) is 24.3 Å². The van der Waals surface area contributed by atoms with Gasteiger partial charge in [0, 0.05) is 16.8 Å². The molecule has 0 fully saturated rings. The van der Waals surface area contributed by atoms with Gasteiger partial charge in [0.15, 0.2) is 0 Å². The van der Waals surface area contributed by atoms with Gasteiger partial charge < -0.3 is 15.8 Å². The molecule has 0 saturated carbocycles. The van der Waals surface area contributed by atoms with Crippen LogP contribution in [-0.2, 0) is 0 Å². The number of anilines is 2. The number of halogens is 3. The summed E-state index contributed by atoms with van der Waals surface area (Å²) in [6.45, 7) is 0. The van der Waals surface area contributed by atoms with Gasteiger partial charge >= 0.3 is 0 Å². The minimum atomic E-state index is -0.419. The number of amides is 1. The lowest BCUT2D eigenvalue weighted by molar-refractivity contribution is 0.102. The Morgan fingerprint density at radius 2 is 1.76 bits per heavy atom.